The molecule has 2 aromatic carbocycles. The number of fused-ring (bicyclic) bond motifs is 1. The van der Waals surface area contributed by atoms with Crippen LogP contribution in [0.3, 0.4) is 0 Å². The summed E-state index contributed by atoms with van der Waals surface area (Å²) in [6.45, 7) is 6.45. The van der Waals surface area contributed by atoms with E-state index in [1.807, 2.05) is 18.2 Å². The highest BCUT2D eigenvalue weighted by Crippen LogP contribution is 2.36. The van der Waals surface area contributed by atoms with Gasteiger partial charge in [0.1, 0.15) is 5.75 Å². The van der Waals surface area contributed by atoms with Crippen molar-refractivity contribution in [3.8, 4) is 28.5 Å². The van der Waals surface area contributed by atoms with E-state index in [1.165, 1.54) is 5.56 Å². The predicted octanol–water partition coefficient (Wildman–Crippen LogP) is 4.13. The Labute approximate surface area is 173 Å². The average molecular weight is 410 g/mol. The number of piperazine rings is 1. The summed E-state index contributed by atoms with van der Waals surface area (Å²) in [7, 11) is 0. The lowest BCUT2D eigenvalue weighted by atomic mass is 10.1. The largest absolute Gasteiger partial charge is 0.508 e. The highest BCUT2D eigenvalue weighted by Gasteiger charge is 2.25. The van der Waals surface area contributed by atoms with E-state index in [0.29, 0.717) is 12.8 Å². The van der Waals surface area contributed by atoms with E-state index in [2.05, 4.69) is 34.2 Å². The van der Waals surface area contributed by atoms with E-state index in [-0.39, 0.29) is 5.75 Å². The lowest BCUT2D eigenvalue weighted by Crippen LogP contribution is -2.47. The van der Waals surface area contributed by atoms with Crippen LogP contribution in [0.4, 0.5) is 5.13 Å². The second-order valence-corrected chi connectivity index (χ2v) is 8.21. The normalized spacial score (nSPS) is 17.5. The molecule has 5 rings (SSSR count). The van der Waals surface area contributed by atoms with Gasteiger partial charge in [-0.3, -0.25) is 4.90 Å². The molecule has 3 heterocycles. The topological polar surface area (TPSA) is 58.1 Å². The first-order chi connectivity index (χ1) is 14.2. The van der Waals surface area contributed by atoms with Gasteiger partial charge < -0.3 is 19.5 Å². The van der Waals surface area contributed by atoms with Crippen LogP contribution in [0.25, 0.3) is 11.3 Å². The third-order valence-electron chi connectivity index (χ3n) is 5.67. The maximum Gasteiger partial charge on any atom is 0.231 e. The molecule has 0 saturated carbocycles. The van der Waals surface area contributed by atoms with Gasteiger partial charge in [-0.05, 0) is 48.9 Å². The Morgan fingerprint density at radius 3 is 2.55 bits per heavy atom. The zero-order chi connectivity index (χ0) is 19.8. The number of phenols is 1. The molecule has 1 aromatic heterocycles. The van der Waals surface area contributed by atoms with Gasteiger partial charge in [0.2, 0.25) is 6.79 Å². The van der Waals surface area contributed by atoms with Crippen molar-refractivity contribution < 1.29 is 14.6 Å². The first-order valence-corrected chi connectivity index (χ1v) is 10.7. The third kappa shape index (κ3) is 3.63. The first kappa shape index (κ1) is 18.3. The van der Waals surface area contributed by atoms with E-state index < -0.39 is 0 Å². The Kier molecular flexibility index (Phi) is 4.77. The fourth-order valence-corrected chi connectivity index (χ4v) is 4.75. The van der Waals surface area contributed by atoms with E-state index in [1.54, 1.807) is 23.5 Å². The molecule has 0 aliphatic carbocycles. The van der Waals surface area contributed by atoms with Gasteiger partial charge in [0.05, 0.1) is 5.69 Å². The van der Waals surface area contributed by atoms with Gasteiger partial charge in [0.25, 0.3) is 0 Å². The molecule has 29 heavy (non-hydrogen) atoms. The Hall–Kier alpha value is -2.77. The Morgan fingerprint density at radius 2 is 1.76 bits per heavy atom. The van der Waals surface area contributed by atoms with Crippen LogP contribution in [-0.2, 0) is 0 Å². The summed E-state index contributed by atoms with van der Waals surface area (Å²) in [5.41, 5.74) is 3.24. The minimum absolute atomic E-state index is 0.275. The van der Waals surface area contributed by atoms with Gasteiger partial charge in [-0.25, -0.2) is 4.98 Å². The predicted molar refractivity (Wildman–Crippen MR) is 114 cm³/mol. The van der Waals surface area contributed by atoms with Gasteiger partial charge in [0.15, 0.2) is 16.6 Å². The van der Waals surface area contributed by atoms with Gasteiger partial charge in [-0.15, -0.1) is 11.3 Å². The molecule has 1 N–H and O–H groups in total. The fraction of sp³-hybridized carbons (Fsp3) is 0.318. The molecule has 1 unspecified atom stereocenters. The number of hydrogen-bond acceptors (Lipinski definition) is 7. The number of rotatable bonds is 4. The van der Waals surface area contributed by atoms with Crippen molar-refractivity contribution in [2.24, 2.45) is 0 Å². The standard InChI is InChI=1S/C22H23N3O3S/c1-15(17-4-7-20-21(12-17)28-14-27-20)24-8-10-25(11-9-24)22-23-19(13-29-22)16-2-5-18(26)6-3-16/h2-7,12-13,15,26H,8-11,14H2,1H3. The lowest BCUT2D eigenvalue weighted by molar-refractivity contribution is 0.173. The molecule has 7 heteroatoms. The molecule has 0 bridgehead atoms. The Morgan fingerprint density at radius 1 is 1.00 bits per heavy atom. The van der Waals surface area contributed by atoms with Crippen LogP contribution in [-0.4, -0.2) is 48.0 Å². The summed E-state index contributed by atoms with van der Waals surface area (Å²) < 4.78 is 10.9. The maximum atomic E-state index is 9.47. The van der Waals surface area contributed by atoms with Gasteiger partial charge >= 0.3 is 0 Å². The number of aromatic hydroxyl groups is 1. The maximum absolute atomic E-state index is 9.47. The van der Waals surface area contributed by atoms with Crippen molar-refractivity contribution in [1.29, 1.82) is 0 Å². The average Bonchev–Trinajstić information content (AvgIpc) is 3.43. The van der Waals surface area contributed by atoms with E-state index in [0.717, 1.165) is 54.1 Å². The summed E-state index contributed by atoms with van der Waals surface area (Å²) in [5, 5.41) is 12.6. The second kappa shape index (κ2) is 7.57. The molecular weight excluding hydrogens is 386 g/mol. The molecule has 6 nitrogen and oxygen atoms in total. The van der Waals surface area contributed by atoms with Crippen molar-refractivity contribution >= 4 is 16.5 Å². The van der Waals surface area contributed by atoms with Gasteiger partial charge in [-0.1, -0.05) is 6.07 Å². The van der Waals surface area contributed by atoms with E-state index in [4.69, 9.17) is 14.5 Å². The van der Waals surface area contributed by atoms with Crippen molar-refractivity contribution in [2.75, 3.05) is 37.9 Å². The number of anilines is 1. The molecule has 1 fully saturated rings. The van der Waals surface area contributed by atoms with Crippen LogP contribution in [0.5, 0.6) is 17.2 Å². The molecule has 3 aromatic rings. The molecule has 150 valence electrons. The van der Waals surface area contributed by atoms with Gasteiger partial charge in [-0.2, -0.15) is 0 Å². The number of nitrogens with zero attached hydrogens (tertiary/aromatic N) is 3. The van der Waals surface area contributed by atoms with Crippen LogP contribution >= 0.6 is 11.3 Å². The summed E-state index contributed by atoms with van der Waals surface area (Å²) in [4.78, 5) is 9.68. The van der Waals surface area contributed by atoms with Crippen LogP contribution < -0.4 is 14.4 Å². The monoisotopic (exact) mass is 409 g/mol. The minimum atomic E-state index is 0.275. The highest BCUT2D eigenvalue weighted by atomic mass is 32.1. The molecule has 2 aliphatic rings. The van der Waals surface area contributed by atoms with Crippen molar-refractivity contribution in [2.45, 2.75) is 13.0 Å². The SMILES string of the molecule is CC(c1ccc2c(c1)OCO2)N1CCN(c2nc(-c3ccc(O)cc3)cs2)CC1. The van der Waals surface area contributed by atoms with E-state index >= 15 is 0 Å². The molecule has 0 amide bonds. The number of aromatic nitrogens is 1. The van der Waals surface area contributed by atoms with Crippen molar-refractivity contribution in [3.05, 3.63) is 53.4 Å². The summed E-state index contributed by atoms with van der Waals surface area (Å²) >= 11 is 1.68. The van der Waals surface area contributed by atoms with Gasteiger partial charge in [0, 0.05) is 43.2 Å². The molecule has 1 atom stereocenters. The van der Waals surface area contributed by atoms with Crippen molar-refractivity contribution in [3.63, 3.8) is 0 Å². The Bertz CT molecular complexity index is 997. The number of phenolic OH excluding ortho intramolecular Hbond substituents is 1. The minimum Gasteiger partial charge on any atom is -0.508 e. The number of benzene rings is 2. The van der Waals surface area contributed by atoms with Crippen LogP contribution in [0.1, 0.15) is 18.5 Å². The molecule has 0 spiro atoms. The molecule has 1 saturated heterocycles. The summed E-state index contributed by atoms with van der Waals surface area (Å²) in [6, 6.07) is 13.8. The number of ether oxygens (including phenoxy) is 2. The molecule has 0 radical (unpaired) electrons. The number of thiazole rings is 1. The second-order valence-electron chi connectivity index (χ2n) is 7.37. The smallest absolute Gasteiger partial charge is 0.231 e. The first-order valence-electron chi connectivity index (χ1n) is 9.81. The van der Waals surface area contributed by atoms with E-state index in [9.17, 15) is 5.11 Å². The van der Waals surface area contributed by atoms with Crippen LogP contribution in [0.2, 0.25) is 0 Å². The van der Waals surface area contributed by atoms with Crippen LogP contribution in [0, 0.1) is 0 Å². The quantitative estimate of drug-likeness (QED) is 0.699. The molecule has 2 aliphatic heterocycles. The Balaban J connectivity index is 1.23. The third-order valence-corrected chi connectivity index (χ3v) is 6.57. The van der Waals surface area contributed by atoms with Crippen molar-refractivity contribution in [1.82, 2.24) is 9.88 Å². The number of hydrogen-bond donors (Lipinski definition) is 1. The van der Waals surface area contributed by atoms with Crippen LogP contribution in [0.15, 0.2) is 47.8 Å². The zero-order valence-corrected chi connectivity index (χ0v) is 17.1. The molecular formula is C22H23N3O3S. The summed E-state index contributed by atoms with van der Waals surface area (Å²) in [6.07, 6.45) is 0. The zero-order valence-electron chi connectivity index (χ0n) is 16.2. The summed E-state index contributed by atoms with van der Waals surface area (Å²) in [5.74, 6) is 1.95. The fourth-order valence-electron chi connectivity index (χ4n) is 3.86. The lowest BCUT2D eigenvalue weighted by Gasteiger charge is -2.38. The highest BCUT2D eigenvalue weighted by molar-refractivity contribution is 7.14.